The number of nitrogens with zero attached hydrogens (tertiary/aromatic N) is 2. The first-order valence-corrected chi connectivity index (χ1v) is 11.0. The number of benzene rings is 1. The molecule has 2 amide bonds. The maximum Gasteiger partial charge on any atom is 0.317 e. The fourth-order valence-electron chi connectivity index (χ4n) is 5.66. The maximum absolute atomic E-state index is 12.6. The molecule has 2 fully saturated rings. The number of hydrogen-bond donors (Lipinski definition) is 2. The Bertz CT molecular complexity index is 895. The van der Waals surface area contributed by atoms with Gasteiger partial charge in [0, 0.05) is 54.2 Å². The second-order valence-corrected chi connectivity index (χ2v) is 8.93. The fraction of sp³-hybridized carbons (Fsp3) is 0.609. The van der Waals surface area contributed by atoms with E-state index in [1.54, 1.807) is 5.56 Å². The Morgan fingerprint density at radius 2 is 2.07 bits per heavy atom. The Labute approximate surface area is 167 Å². The van der Waals surface area contributed by atoms with Gasteiger partial charge in [-0.15, -0.1) is 0 Å². The van der Waals surface area contributed by atoms with Crippen molar-refractivity contribution in [3.8, 4) is 0 Å². The number of carbonyl (C=O) groups is 1. The van der Waals surface area contributed by atoms with Crippen molar-refractivity contribution < 1.29 is 4.79 Å². The Morgan fingerprint density at radius 1 is 1.29 bits per heavy atom. The summed E-state index contributed by atoms with van der Waals surface area (Å²) in [5, 5.41) is 4.79. The molecule has 2 aliphatic carbocycles. The molecule has 0 bridgehead atoms. The van der Waals surface area contributed by atoms with Crippen LogP contribution in [0.15, 0.2) is 18.2 Å². The van der Waals surface area contributed by atoms with Crippen LogP contribution in [0.5, 0.6) is 0 Å². The highest BCUT2D eigenvalue weighted by molar-refractivity contribution is 5.90. The Hall–Kier alpha value is -2.01. The number of amides is 2. The fourth-order valence-corrected chi connectivity index (χ4v) is 5.66. The van der Waals surface area contributed by atoms with E-state index in [0.29, 0.717) is 12.0 Å². The number of fused-ring (bicyclic) bond motifs is 2. The van der Waals surface area contributed by atoms with Gasteiger partial charge >= 0.3 is 6.03 Å². The van der Waals surface area contributed by atoms with Gasteiger partial charge in [0.15, 0.2) is 0 Å². The molecular formula is C23H32N4O. The van der Waals surface area contributed by atoms with Crippen LogP contribution in [0, 0.1) is 0 Å². The van der Waals surface area contributed by atoms with Crippen LogP contribution < -0.4 is 5.32 Å². The summed E-state index contributed by atoms with van der Waals surface area (Å²) in [4.78, 5) is 20.7. The molecule has 5 nitrogen and oxygen atoms in total. The van der Waals surface area contributed by atoms with E-state index in [1.807, 2.05) is 18.7 Å². The Kier molecular flexibility index (Phi) is 4.38. The molecule has 3 atom stereocenters. The summed E-state index contributed by atoms with van der Waals surface area (Å²) < 4.78 is 0. The predicted molar refractivity (Wildman–Crippen MR) is 113 cm³/mol. The van der Waals surface area contributed by atoms with Crippen LogP contribution in [0.4, 0.5) is 4.79 Å². The average molecular weight is 381 g/mol. The van der Waals surface area contributed by atoms with Gasteiger partial charge in [0.05, 0.1) is 0 Å². The Balaban J connectivity index is 1.46. The number of piperidine rings is 1. The van der Waals surface area contributed by atoms with Crippen molar-refractivity contribution in [2.75, 3.05) is 26.7 Å². The second-order valence-electron chi connectivity index (χ2n) is 8.93. The molecule has 2 aromatic rings. The van der Waals surface area contributed by atoms with E-state index in [1.165, 1.54) is 35.0 Å². The van der Waals surface area contributed by atoms with E-state index in [2.05, 4.69) is 40.4 Å². The molecule has 28 heavy (non-hydrogen) atoms. The summed E-state index contributed by atoms with van der Waals surface area (Å²) in [6, 6.07) is 7.59. The SMILES string of the molecule is CCN(CC)C(=O)NC1C[C@@H]2c3cccc4[nH]c(C5CC5)c(c34)C[C@H]2N(C)C1. The number of rotatable bonds is 4. The number of carbonyl (C=O) groups excluding carboxylic acids is 1. The summed E-state index contributed by atoms with van der Waals surface area (Å²) in [5.41, 5.74) is 5.88. The third-order valence-electron chi connectivity index (χ3n) is 7.25. The molecule has 150 valence electrons. The molecule has 1 saturated carbocycles. The number of H-pyrrole nitrogens is 1. The minimum atomic E-state index is 0.0780. The smallest absolute Gasteiger partial charge is 0.317 e. The quantitative estimate of drug-likeness (QED) is 0.847. The first-order chi connectivity index (χ1) is 13.6. The molecule has 5 rings (SSSR count). The van der Waals surface area contributed by atoms with Gasteiger partial charge in [0.2, 0.25) is 0 Å². The average Bonchev–Trinajstić information content (AvgIpc) is 3.46. The standard InChI is InChI=1S/C23H32N4O/c1-4-27(5-2)23(28)24-15-11-17-16-7-6-8-19-21(16)18(12-20(17)26(3)13-15)22(25-19)14-9-10-14/h6-8,14-15,17,20,25H,4-5,9-13H2,1-3H3,(H,24,28)/t15?,17-,20-/m1/s1. The molecule has 5 heteroatoms. The van der Waals surface area contributed by atoms with Gasteiger partial charge in [-0.05, 0) is 69.7 Å². The number of aromatic nitrogens is 1. The van der Waals surface area contributed by atoms with Crippen LogP contribution in [0.3, 0.4) is 0 Å². The van der Waals surface area contributed by atoms with Gasteiger partial charge < -0.3 is 20.1 Å². The number of nitrogens with one attached hydrogen (secondary N) is 2. The van der Waals surface area contributed by atoms with Crippen LogP contribution >= 0.6 is 0 Å². The monoisotopic (exact) mass is 380 g/mol. The lowest BCUT2D eigenvalue weighted by atomic mass is 9.73. The number of urea groups is 1. The third-order valence-corrected chi connectivity index (χ3v) is 7.25. The summed E-state index contributed by atoms with van der Waals surface area (Å²) in [5.74, 6) is 1.24. The molecule has 2 heterocycles. The van der Waals surface area contributed by atoms with Crippen LogP contribution in [0.2, 0.25) is 0 Å². The van der Waals surface area contributed by atoms with Crippen molar-refractivity contribution in [3.63, 3.8) is 0 Å². The summed E-state index contributed by atoms with van der Waals surface area (Å²) in [7, 11) is 2.24. The zero-order valence-corrected chi connectivity index (χ0v) is 17.3. The molecule has 3 aliphatic rings. The molecule has 1 aromatic carbocycles. The minimum Gasteiger partial charge on any atom is -0.358 e. The lowest BCUT2D eigenvalue weighted by molar-refractivity contribution is 0.124. The van der Waals surface area contributed by atoms with E-state index in [9.17, 15) is 4.79 Å². The van der Waals surface area contributed by atoms with Crippen molar-refractivity contribution in [2.24, 2.45) is 0 Å². The highest BCUT2D eigenvalue weighted by Crippen LogP contribution is 2.49. The first-order valence-electron chi connectivity index (χ1n) is 11.0. The van der Waals surface area contributed by atoms with Crippen LogP contribution in [-0.4, -0.2) is 59.6 Å². The lowest BCUT2D eigenvalue weighted by Crippen LogP contribution is -2.56. The summed E-state index contributed by atoms with van der Waals surface area (Å²) in [6.45, 7) is 6.53. The van der Waals surface area contributed by atoms with Crippen LogP contribution in [0.25, 0.3) is 10.9 Å². The largest absolute Gasteiger partial charge is 0.358 e. The van der Waals surface area contributed by atoms with Gasteiger partial charge in [-0.25, -0.2) is 4.79 Å². The molecule has 1 unspecified atom stereocenters. The maximum atomic E-state index is 12.6. The highest BCUT2D eigenvalue weighted by Gasteiger charge is 2.42. The zero-order valence-electron chi connectivity index (χ0n) is 17.3. The molecule has 0 spiro atoms. The summed E-state index contributed by atoms with van der Waals surface area (Å²) >= 11 is 0. The molecule has 1 aromatic heterocycles. The van der Waals surface area contributed by atoms with Gasteiger partial charge in [-0.3, -0.25) is 0 Å². The number of likely N-dealkylation sites (tertiary alicyclic amines) is 1. The van der Waals surface area contributed by atoms with Crippen molar-refractivity contribution in [1.29, 1.82) is 0 Å². The van der Waals surface area contributed by atoms with E-state index >= 15 is 0 Å². The van der Waals surface area contributed by atoms with E-state index in [0.717, 1.165) is 38.4 Å². The zero-order chi connectivity index (χ0) is 19.4. The normalized spacial score (nSPS) is 26.9. The van der Waals surface area contributed by atoms with Gasteiger partial charge in [0.1, 0.15) is 0 Å². The van der Waals surface area contributed by atoms with E-state index < -0.39 is 0 Å². The highest BCUT2D eigenvalue weighted by atomic mass is 16.2. The minimum absolute atomic E-state index is 0.0780. The molecule has 1 aliphatic heterocycles. The van der Waals surface area contributed by atoms with Crippen LogP contribution in [0.1, 0.15) is 61.8 Å². The molecule has 2 N–H and O–H groups in total. The molecule has 1 saturated heterocycles. The topological polar surface area (TPSA) is 51.4 Å². The van der Waals surface area contributed by atoms with Gasteiger partial charge in [-0.1, -0.05) is 12.1 Å². The van der Waals surface area contributed by atoms with Crippen molar-refractivity contribution >= 4 is 16.9 Å². The Morgan fingerprint density at radius 3 is 2.79 bits per heavy atom. The molecule has 0 radical (unpaired) electrons. The number of likely N-dealkylation sites (N-methyl/N-ethyl adjacent to an activating group) is 1. The summed E-state index contributed by atoms with van der Waals surface area (Å²) in [6.07, 6.45) is 4.84. The van der Waals surface area contributed by atoms with E-state index in [-0.39, 0.29) is 12.1 Å². The number of hydrogen-bond acceptors (Lipinski definition) is 2. The van der Waals surface area contributed by atoms with Crippen molar-refractivity contribution in [3.05, 3.63) is 35.0 Å². The number of aromatic amines is 1. The van der Waals surface area contributed by atoms with Crippen molar-refractivity contribution in [2.45, 2.75) is 63.5 Å². The molecular weight excluding hydrogens is 348 g/mol. The van der Waals surface area contributed by atoms with Gasteiger partial charge in [0.25, 0.3) is 0 Å². The first kappa shape index (κ1) is 18.0. The predicted octanol–water partition coefficient (Wildman–Crippen LogP) is 3.81. The van der Waals surface area contributed by atoms with Crippen molar-refractivity contribution in [1.82, 2.24) is 20.1 Å². The van der Waals surface area contributed by atoms with Gasteiger partial charge in [-0.2, -0.15) is 0 Å². The van der Waals surface area contributed by atoms with E-state index in [4.69, 9.17) is 0 Å². The van der Waals surface area contributed by atoms with Crippen LogP contribution in [-0.2, 0) is 6.42 Å². The lowest BCUT2D eigenvalue weighted by Gasteiger charge is -2.46. The second kappa shape index (κ2) is 6.80. The third kappa shape index (κ3) is 2.83.